The molecular weight excluding hydrogens is 308 g/mol. The molecule has 0 saturated carbocycles. The molecular formula is C13H9BrN4O. The smallest absolute Gasteiger partial charge is 0.258 e. The van der Waals surface area contributed by atoms with Crippen molar-refractivity contribution in [3.63, 3.8) is 0 Å². The number of halogens is 1. The number of aromatic nitrogens is 3. The van der Waals surface area contributed by atoms with E-state index in [4.69, 9.17) is 10.3 Å². The molecule has 2 aromatic heterocycles. The number of benzene rings is 1. The van der Waals surface area contributed by atoms with Gasteiger partial charge >= 0.3 is 0 Å². The van der Waals surface area contributed by atoms with Crippen LogP contribution >= 0.6 is 15.9 Å². The maximum Gasteiger partial charge on any atom is 0.258 e. The van der Waals surface area contributed by atoms with E-state index in [0.717, 1.165) is 15.6 Å². The first-order chi connectivity index (χ1) is 9.22. The minimum absolute atomic E-state index is 0.430. The van der Waals surface area contributed by atoms with Gasteiger partial charge in [-0.25, -0.2) is 0 Å². The van der Waals surface area contributed by atoms with Gasteiger partial charge in [0.1, 0.15) is 0 Å². The van der Waals surface area contributed by atoms with Crippen molar-refractivity contribution in [3.05, 3.63) is 47.2 Å². The van der Waals surface area contributed by atoms with Crippen LogP contribution in [0.5, 0.6) is 0 Å². The molecule has 0 aliphatic heterocycles. The summed E-state index contributed by atoms with van der Waals surface area (Å²) >= 11 is 3.38. The van der Waals surface area contributed by atoms with E-state index in [1.165, 1.54) is 0 Å². The minimum atomic E-state index is 0.430. The third kappa shape index (κ3) is 2.48. The van der Waals surface area contributed by atoms with E-state index in [-0.39, 0.29) is 0 Å². The SMILES string of the molecule is Nc1cc(Br)cc(-c2nc(-c3ccncc3)no2)c1. The molecule has 0 fully saturated rings. The van der Waals surface area contributed by atoms with Crippen molar-refractivity contribution in [3.8, 4) is 22.8 Å². The standard InChI is InChI=1S/C13H9BrN4O/c14-10-5-9(6-11(15)7-10)13-17-12(18-19-13)8-1-3-16-4-2-8/h1-7H,15H2. The molecule has 0 spiro atoms. The Labute approximate surface area is 117 Å². The van der Waals surface area contributed by atoms with Gasteiger partial charge in [0.2, 0.25) is 5.82 Å². The summed E-state index contributed by atoms with van der Waals surface area (Å²) in [5, 5.41) is 3.95. The van der Waals surface area contributed by atoms with Gasteiger partial charge in [-0.05, 0) is 30.3 Å². The van der Waals surface area contributed by atoms with E-state index in [1.54, 1.807) is 18.5 Å². The van der Waals surface area contributed by atoms with E-state index in [9.17, 15) is 0 Å². The van der Waals surface area contributed by atoms with Crippen molar-refractivity contribution in [2.75, 3.05) is 5.73 Å². The molecule has 5 nitrogen and oxygen atoms in total. The number of rotatable bonds is 2. The molecule has 0 radical (unpaired) electrons. The fourth-order valence-corrected chi connectivity index (χ4v) is 2.21. The first-order valence-electron chi connectivity index (χ1n) is 5.53. The summed E-state index contributed by atoms with van der Waals surface area (Å²) in [6.45, 7) is 0. The third-order valence-electron chi connectivity index (χ3n) is 2.53. The second kappa shape index (κ2) is 4.81. The van der Waals surface area contributed by atoms with Crippen LogP contribution in [0.3, 0.4) is 0 Å². The highest BCUT2D eigenvalue weighted by Crippen LogP contribution is 2.26. The molecule has 1 aromatic carbocycles. The molecule has 2 N–H and O–H groups in total. The number of nitrogen functional groups attached to an aromatic ring is 1. The average Bonchev–Trinajstić information content (AvgIpc) is 2.88. The van der Waals surface area contributed by atoms with E-state index >= 15 is 0 Å². The van der Waals surface area contributed by atoms with E-state index in [2.05, 4.69) is 31.1 Å². The molecule has 2 heterocycles. The fraction of sp³-hybridized carbons (Fsp3) is 0. The topological polar surface area (TPSA) is 77.8 Å². The monoisotopic (exact) mass is 316 g/mol. The average molecular weight is 317 g/mol. The Kier molecular flexibility index (Phi) is 3.00. The van der Waals surface area contributed by atoms with Crippen molar-refractivity contribution in [1.82, 2.24) is 15.1 Å². The van der Waals surface area contributed by atoms with Crippen LogP contribution in [0.1, 0.15) is 0 Å². The van der Waals surface area contributed by atoms with Gasteiger partial charge < -0.3 is 10.3 Å². The van der Waals surface area contributed by atoms with Gasteiger partial charge in [0, 0.05) is 33.7 Å². The van der Waals surface area contributed by atoms with Gasteiger partial charge in [0.15, 0.2) is 0 Å². The normalized spacial score (nSPS) is 10.6. The van der Waals surface area contributed by atoms with Gasteiger partial charge in [-0.3, -0.25) is 4.98 Å². The lowest BCUT2D eigenvalue weighted by Crippen LogP contribution is -1.86. The van der Waals surface area contributed by atoms with Crippen LogP contribution in [0, 0.1) is 0 Å². The molecule has 0 amide bonds. The van der Waals surface area contributed by atoms with Crippen LogP contribution < -0.4 is 5.73 Å². The molecule has 0 atom stereocenters. The maximum absolute atomic E-state index is 5.79. The summed E-state index contributed by atoms with van der Waals surface area (Å²) < 4.78 is 6.12. The zero-order valence-corrected chi connectivity index (χ0v) is 11.3. The molecule has 0 aliphatic rings. The van der Waals surface area contributed by atoms with Gasteiger partial charge in [-0.15, -0.1) is 0 Å². The van der Waals surface area contributed by atoms with Crippen molar-refractivity contribution < 1.29 is 4.52 Å². The summed E-state index contributed by atoms with van der Waals surface area (Å²) in [4.78, 5) is 8.30. The number of pyridine rings is 1. The van der Waals surface area contributed by atoms with Gasteiger partial charge in [0.25, 0.3) is 5.89 Å². The van der Waals surface area contributed by atoms with Gasteiger partial charge in [-0.2, -0.15) is 4.98 Å². The lowest BCUT2D eigenvalue weighted by atomic mass is 10.2. The van der Waals surface area contributed by atoms with Crippen molar-refractivity contribution >= 4 is 21.6 Å². The Bertz CT molecular complexity index is 691. The summed E-state index contributed by atoms with van der Waals surface area (Å²) in [6, 6.07) is 9.12. The number of hydrogen-bond donors (Lipinski definition) is 1. The fourth-order valence-electron chi connectivity index (χ4n) is 1.69. The third-order valence-corrected chi connectivity index (χ3v) is 2.99. The van der Waals surface area contributed by atoms with Crippen LogP contribution in [0.2, 0.25) is 0 Å². The summed E-state index contributed by atoms with van der Waals surface area (Å²) in [5.74, 6) is 0.954. The summed E-state index contributed by atoms with van der Waals surface area (Å²) in [5.41, 5.74) is 8.05. The van der Waals surface area contributed by atoms with E-state index < -0.39 is 0 Å². The Morgan fingerprint density at radius 2 is 1.84 bits per heavy atom. The molecule has 94 valence electrons. The molecule has 3 rings (SSSR count). The first-order valence-corrected chi connectivity index (χ1v) is 6.32. The van der Waals surface area contributed by atoms with Crippen molar-refractivity contribution in [2.45, 2.75) is 0 Å². The Balaban J connectivity index is 2.02. The number of nitrogens with zero attached hydrogens (tertiary/aromatic N) is 3. The molecule has 19 heavy (non-hydrogen) atoms. The Morgan fingerprint density at radius 1 is 1.05 bits per heavy atom. The quantitative estimate of drug-likeness (QED) is 0.735. The van der Waals surface area contributed by atoms with Crippen LogP contribution in [-0.2, 0) is 0 Å². The zero-order valence-electron chi connectivity index (χ0n) is 9.75. The molecule has 0 bridgehead atoms. The highest BCUT2D eigenvalue weighted by Gasteiger charge is 2.11. The number of hydrogen-bond acceptors (Lipinski definition) is 5. The Morgan fingerprint density at radius 3 is 2.58 bits per heavy atom. The first kappa shape index (κ1) is 11.9. The number of nitrogens with two attached hydrogens (primary N) is 1. The van der Waals surface area contributed by atoms with Crippen molar-refractivity contribution in [2.24, 2.45) is 0 Å². The van der Waals surface area contributed by atoms with Gasteiger partial charge in [-0.1, -0.05) is 21.1 Å². The number of anilines is 1. The largest absolute Gasteiger partial charge is 0.399 e. The van der Waals surface area contributed by atoms with Gasteiger partial charge in [0.05, 0.1) is 0 Å². The second-order valence-corrected chi connectivity index (χ2v) is 4.85. The predicted molar refractivity (Wildman–Crippen MR) is 75.1 cm³/mol. The molecule has 0 unspecified atom stereocenters. The van der Waals surface area contributed by atoms with E-state index in [1.807, 2.05) is 24.3 Å². The highest BCUT2D eigenvalue weighted by atomic mass is 79.9. The second-order valence-electron chi connectivity index (χ2n) is 3.93. The zero-order chi connectivity index (χ0) is 13.2. The molecule has 0 saturated heterocycles. The van der Waals surface area contributed by atoms with Crippen LogP contribution in [-0.4, -0.2) is 15.1 Å². The highest BCUT2D eigenvalue weighted by molar-refractivity contribution is 9.10. The molecule has 0 aliphatic carbocycles. The maximum atomic E-state index is 5.79. The lowest BCUT2D eigenvalue weighted by Gasteiger charge is -1.98. The van der Waals surface area contributed by atoms with Crippen LogP contribution in [0.15, 0.2) is 51.7 Å². The lowest BCUT2D eigenvalue weighted by molar-refractivity contribution is 0.432. The van der Waals surface area contributed by atoms with Crippen LogP contribution in [0.25, 0.3) is 22.8 Å². The van der Waals surface area contributed by atoms with Crippen molar-refractivity contribution in [1.29, 1.82) is 0 Å². The Hall–Kier alpha value is -2.21. The van der Waals surface area contributed by atoms with E-state index in [0.29, 0.717) is 17.4 Å². The molecule has 3 aromatic rings. The summed E-state index contributed by atoms with van der Waals surface area (Å²) in [6.07, 6.45) is 3.37. The molecule has 6 heteroatoms. The summed E-state index contributed by atoms with van der Waals surface area (Å²) in [7, 11) is 0. The predicted octanol–water partition coefficient (Wildman–Crippen LogP) is 3.14. The minimum Gasteiger partial charge on any atom is -0.399 e. The van der Waals surface area contributed by atoms with Crippen LogP contribution in [0.4, 0.5) is 5.69 Å².